The van der Waals surface area contributed by atoms with Gasteiger partial charge in [-0.25, -0.2) is 4.98 Å². The molecule has 1 heterocycles. The molecule has 1 amide bonds. The van der Waals surface area contributed by atoms with Crippen LogP contribution in [0.5, 0.6) is 0 Å². The summed E-state index contributed by atoms with van der Waals surface area (Å²) in [5.41, 5.74) is 1.94. The van der Waals surface area contributed by atoms with Gasteiger partial charge in [-0.2, -0.15) is 0 Å². The Bertz CT molecular complexity index is 394. The van der Waals surface area contributed by atoms with Crippen molar-refractivity contribution in [2.24, 2.45) is 0 Å². The van der Waals surface area contributed by atoms with Gasteiger partial charge in [-0.15, -0.1) is 0 Å². The molecule has 0 aliphatic heterocycles. The minimum atomic E-state index is -0.291. The fourth-order valence-corrected chi connectivity index (χ4v) is 1.97. The summed E-state index contributed by atoms with van der Waals surface area (Å²) in [5, 5.41) is 12.0. The smallest absolute Gasteiger partial charge is 0.254 e. The summed E-state index contributed by atoms with van der Waals surface area (Å²) in [6.07, 6.45) is 0.665. The third kappa shape index (κ3) is 3.41. The van der Waals surface area contributed by atoms with E-state index in [4.69, 9.17) is 16.7 Å². The van der Waals surface area contributed by atoms with Crippen molar-refractivity contribution in [1.29, 1.82) is 0 Å². The number of rotatable bonds is 4. The van der Waals surface area contributed by atoms with Gasteiger partial charge in [-0.1, -0.05) is 18.5 Å². The number of carbonyl (C=O) groups is 1. The number of hydrogen-bond acceptors (Lipinski definition) is 3. The molecule has 17 heavy (non-hydrogen) atoms. The number of aryl methyl sites for hydroxylation is 2. The quantitative estimate of drug-likeness (QED) is 0.809. The molecule has 0 radical (unpaired) electrons. The molecule has 4 nitrogen and oxygen atoms in total. The highest BCUT2D eigenvalue weighted by Gasteiger charge is 2.17. The molecule has 0 saturated carbocycles. The van der Waals surface area contributed by atoms with Gasteiger partial charge in [0, 0.05) is 5.69 Å². The third-order valence-electron chi connectivity index (χ3n) is 2.58. The van der Waals surface area contributed by atoms with Crippen LogP contribution in [-0.4, -0.2) is 28.6 Å². The molecule has 1 aromatic rings. The van der Waals surface area contributed by atoms with E-state index in [1.165, 1.54) is 0 Å². The van der Waals surface area contributed by atoms with Gasteiger partial charge in [0.05, 0.1) is 18.2 Å². The summed E-state index contributed by atoms with van der Waals surface area (Å²) >= 11 is 5.97. The molecule has 0 spiro atoms. The number of nitrogens with zero attached hydrogens (tertiary/aromatic N) is 1. The standard InChI is InChI=1S/C12H17ClN2O2/c1-4-9(6-16)15-12(17)10-7(2)5-8(3)14-11(10)13/h5,9,16H,4,6H2,1-3H3,(H,15,17). The zero-order valence-corrected chi connectivity index (χ0v) is 11.0. The predicted molar refractivity (Wildman–Crippen MR) is 67.4 cm³/mol. The normalized spacial score (nSPS) is 12.3. The van der Waals surface area contributed by atoms with E-state index < -0.39 is 0 Å². The van der Waals surface area contributed by atoms with E-state index in [2.05, 4.69) is 10.3 Å². The fraction of sp³-hybridized carbons (Fsp3) is 0.500. The molecule has 1 rings (SSSR count). The number of amides is 1. The van der Waals surface area contributed by atoms with Crippen molar-refractivity contribution in [1.82, 2.24) is 10.3 Å². The molecule has 1 atom stereocenters. The van der Waals surface area contributed by atoms with Crippen molar-refractivity contribution in [2.75, 3.05) is 6.61 Å². The van der Waals surface area contributed by atoms with Crippen molar-refractivity contribution < 1.29 is 9.90 Å². The van der Waals surface area contributed by atoms with Crippen LogP contribution >= 0.6 is 11.6 Å². The molecule has 0 saturated heterocycles. The number of aliphatic hydroxyl groups is 1. The molecule has 0 fully saturated rings. The first kappa shape index (κ1) is 13.9. The summed E-state index contributed by atoms with van der Waals surface area (Å²) in [7, 11) is 0. The number of aromatic nitrogens is 1. The molecular weight excluding hydrogens is 240 g/mol. The Morgan fingerprint density at radius 3 is 2.71 bits per heavy atom. The van der Waals surface area contributed by atoms with Crippen molar-refractivity contribution >= 4 is 17.5 Å². The van der Waals surface area contributed by atoms with E-state index in [1.54, 1.807) is 6.07 Å². The minimum Gasteiger partial charge on any atom is -0.394 e. The second kappa shape index (κ2) is 5.98. The zero-order chi connectivity index (χ0) is 13.0. The van der Waals surface area contributed by atoms with Gasteiger partial charge in [0.2, 0.25) is 0 Å². The van der Waals surface area contributed by atoms with Gasteiger partial charge in [0.1, 0.15) is 5.15 Å². The van der Waals surface area contributed by atoms with Gasteiger partial charge in [0.15, 0.2) is 0 Å². The first-order chi connectivity index (χ1) is 7.99. The number of halogens is 1. The summed E-state index contributed by atoms with van der Waals surface area (Å²) in [6, 6.07) is 1.56. The van der Waals surface area contributed by atoms with Gasteiger partial charge < -0.3 is 10.4 Å². The molecule has 0 aromatic carbocycles. The highest BCUT2D eigenvalue weighted by atomic mass is 35.5. The lowest BCUT2D eigenvalue weighted by Gasteiger charge is -2.15. The van der Waals surface area contributed by atoms with E-state index in [0.29, 0.717) is 12.0 Å². The SMILES string of the molecule is CCC(CO)NC(=O)c1c(C)cc(C)nc1Cl. The summed E-state index contributed by atoms with van der Waals surface area (Å²) in [4.78, 5) is 16.0. The summed E-state index contributed by atoms with van der Waals surface area (Å²) < 4.78 is 0. The lowest BCUT2D eigenvalue weighted by Crippen LogP contribution is -2.37. The van der Waals surface area contributed by atoms with Gasteiger partial charge in [-0.3, -0.25) is 4.79 Å². The van der Waals surface area contributed by atoms with Crippen LogP contribution in [0.1, 0.15) is 35.0 Å². The Labute approximate surface area is 106 Å². The molecule has 1 unspecified atom stereocenters. The molecule has 2 N–H and O–H groups in total. The second-order valence-electron chi connectivity index (χ2n) is 4.01. The highest BCUT2D eigenvalue weighted by Crippen LogP contribution is 2.18. The average Bonchev–Trinajstić information content (AvgIpc) is 2.24. The first-order valence-corrected chi connectivity index (χ1v) is 5.92. The monoisotopic (exact) mass is 256 g/mol. The lowest BCUT2D eigenvalue weighted by molar-refractivity contribution is 0.0914. The van der Waals surface area contributed by atoms with Crippen LogP contribution in [0.4, 0.5) is 0 Å². The molecule has 5 heteroatoms. The van der Waals surface area contributed by atoms with Crippen LogP contribution in [0, 0.1) is 13.8 Å². The van der Waals surface area contributed by atoms with E-state index in [-0.39, 0.29) is 23.7 Å². The zero-order valence-electron chi connectivity index (χ0n) is 10.2. The second-order valence-corrected chi connectivity index (χ2v) is 4.37. The Kier molecular flexibility index (Phi) is 4.90. The van der Waals surface area contributed by atoms with E-state index in [9.17, 15) is 4.79 Å². The van der Waals surface area contributed by atoms with E-state index >= 15 is 0 Å². The third-order valence-corrected chi connectivity index (χ3v) is 2.85. The van der Waals surface area contributed by atoms with Gasteiger partial charge >= 0.3 is 0 Å². The van der Waals surface area contributed by atoms with Gasteiger partial charge in [-0.05, 0) is 31.9 Å². The van der Waals surface area contributed by atoms with Crippen LogP contribution < -0.4 is 5.32 Å². The number of hydrogen-bond donors (Lipinski definition) is 2. The van der Waals surface area contributed by atoms with Crippen LogP contribution in [0.15, 0.2) is 6.07 Å². The van der Waals surface area contributed by atoms with E-state index in [1.807, 2.05) is 20.8 Å². The first-order valence-electron chi connectivity index (χ1n) is 5.55. The predicted octanol–water partition coefficient (Wildman–Crippen LogP) is 1.85. The maximum absolute atomic E-state index is 12.0. The Morgan fingerprint density at radius 1 is 1.59 bits per heavy atom. The van der Waals surface area contributed by atoms with Crippen molar-refractivity contribution in [3.05, 3.63) is 28.0 Å². The Morgan fingerprint density at radius 2 is 2.24 bits per heavy atom. The fourth-order valence-electron chi connectivity index (χ4n) is 1.60. The van der Waals surface area contributed by atoms with Crippen molar-refractivity contribution in [3.8, 4) is 0 Å². The largest absolute Gasteiger partial charge is 0.394 e. The molecule has 0 aliphatic rings. The van der Waals surface area contributed by atoms with E-state index in [0.717, 1.165) is 11.3 Å². The average molecular weight is 257 g/mol. The molecule has 94 valence electrons. The Hall–Kier alpha value is -1.13. The topological polar surface area (TPSA) is 62.2 Å². The molecule has 1 aromatic heterocycles. The van der Waals surface area contributed by atoms with Crippen LogP contribution in [0.3, 0.4) is 0 Å². The van der Waals surface area contributed by atoms with Crippen LogP contribution in [-0.2, 0) is 0 Å². The number of pyridine rings is 1. The number of carbonyl (C=O) groups excluding carboxylic acids is 1. The molecular formula is C12H17ClN2O2. The van der Waals surface area contributed by atoms with Crippen LogP contribution in [0.25, 0.3) is 0 Å². The maximum atomic E-state index is 12.0. The minimum absolute atomic E-state index is 0.0851. The number of aliphatic hydroxyl groups excluding tert-OH is 1. The highest BCUT2D eigenvalue weighted by molar-refractivity contribution is 6.32. The van der Waals surface area contributed by atoms with Crippen molar-refractivity contribution in [3.63, 3.8) is 0 Å². The van der Waals surface area contributed by atoms with Crippen molar-refractivity contribution in [2.45, 2.75) is 33.2 Å². The molecule has 0 bridgehead atoms. The lowest BCUT2D eigenvalue weighted by atomic mass is 10.1. The summed E-state index contributed by atoms with van der Waals surface area (Å²) in [5.74, 6) is -0.291. The number of nitrogens with one attached hydrogen (secondary N) is 1. The molecule has 0 aliphatic carbocycles. The van der Waals surface area contributed by atoms with Gasteiger partial charge in [0.25, 0.3) is 5.91 Å². The maximum Gasteiger partial charge on any atom is 0.254 e. The summed E-state index contributed by atoms with van der Waals surface area (Å²) in [6.45, 7) is 5.44. The Balaban J connectivity index is 2.96. The van der Waals surface area contributed by atoms with Crippen LogP contribution in [0.2, 0.25) is 5.15 Å².